The van der Waals surface area contributed by atoms with Crippen LogP contribution in [-0.2, 0) is 0 Å². The van der Waals surface area contributed by atoms with Crippen LogP contribution in [0.25, 0.3) is 16.9 Å². The Morgan fingerprint density at radius 1 is 1.23 bits per heavy atom. The number of hydrogen-bond donors (Lipinski definition) is 0. The summed E-state index contributed by atoms with van der Waals surface area (Å²) in [5.41, 5.74) is 3.02. The highest BCUT2D eigenvalue weighted by Crippen LogP contribution is 2.40. The molecule has 0 radical (unpaired) electrons. The third-order valence-corrected chi connectivity index (χ3v) is 6.58. The lowest BCUT2D eigenvalue weighted by atomic mass is 10.1. The molecule has 154 valence electrons. The van der Waals surface area contributed by atoms with Gasteiger partial charge in [0.2, 0.25) is 0 Å². The van der Waals surface area contributed by atoms with Crippen LogP contribution in [0.2, 0.25) is 0 Å². The SMILES string of the molecule is COc1cc(C#N)ccc1-c1nccn2c(N(CC3CC3)CC3CC3)c(SC)nc12. The van der Waals surface area contributed by atoms with Gasteiger partial charge in [0.05, 0.1) is 18.7 Å². The number of nitrogens with zero attached hydrogens (tertiary/aromatic N) is 5. The van der Waals surface area contributed by atoms with Gasteiger partial charge in [0.25, 0.3) is 0 Å². The molecule has 0 saturated heterocycles. The molecule has 2 aromatic heterocycles. The van der Waals surface area contributed by atoms with Gasteiger partial charge in [-0.3, -0.25) is 9.38 Å². The summed E-state index contributed by atoms with van der Waals surface area (Å²) in [6.45, 7) is 2.21. The van der Waals surface area contributed by atoms with Gasteiger partial charge in [0.1, 0.15) is 22.3 Å². The zero-order valence-corrected chi connectivity index (χ0v) is 18.2. The highest BCUT2D eigenvalue weighted by atomic mass is 32.2. The van der Waals surface area contributed by atoms with E-state index in [1.165, 1.54) is 31.5 Å². The van der Waals surface area contributed by atoms with Crippen molar-refractivity contribution in [3.63, 3.8) is 0 Å². The van der Waals surface area contributed by atoms with E-state index in [2.05, 4.69) is 26.6 Å². The van der Waals surface area contributed by atoms with Crippen LogP contribution in [0.4, 0.5) is 5.82 Å². The first-order chi connectivity index (χ1) is 14.7. The van der Waals surface area contributed by atoms with E-state index in [4.69, 9.17) is 9.72 Å². The number of imidazole rings is 1. The standard InChI is InChI=1S/C23H25N5OS/c1-29-19-11-17(12-24)7-8-18(19)20-21-26-22(30-2)23(28(21)10-9-25-20)27(13-15-3-4-15)14-16-5-6-16/h7-11,15-16H,3-6,13-14H2,1-2H3. The van der Waals surface area contributed by atoms with Crippen LogP contribution in [0.3, 0.4) is 0 Å². The molecule has 2 aliphatic rings. The summed E-state index contributed by atoms with van der Waals surface area (Å²) in [5.74, 6) is 3.44. The average molecular weight is 420 g/mol. The van der Waals surface area contributed by atoms with Gasteiger partial charge < -0.3 is 9.64 Å². The smallest absolute Gasteiger partial charge is 0.166 e. The molecule has 0 N–H and O–H groups in total. The van der Waals surface area contributed by atoms with Crippen LogP contribution in [0.1, 0.15) is 31.2 Å². The fourth-order valence-corrected chi connectivity index (χ4v) is 4.57. The molecule has 6 nitrogen and oxygen atoms in total. The van der Waals surface area contributed by atoms with Gasteiger partial charge in [-0.1, -0.05) is 0 Å². The number of nitriles is 1. The van der Waals surface area contributed by atoms with Gasteiger partial charge in [-0.25, -0.2) is 4.98 Å². The van der Waals surface area contributed by atoms with E-state index < -0.39 is 0 Å². The molecule has 0 aliphatic heterocycles. The molecule has 2 fully saturated rings. The summed E-state index contributed by atoms with van der Waals surface area (Å²) < 4.78 is 7.77. The van der Waals surface area contributed by atoms with Crippen molar-refractivity contribution in [2.75, 3.05) is 31.4 Å². The second-order valence-electron chi connectivity index (χ2n) is 8.23. The monoisotopic (exact) mass is 419 g/mol. The minimum absolute atomic E-state index is 0.566. The number of ether oxygens (including phenoxy) is 1. The Hall–Kier alpha value is -2.72. The quantitative estimate of drug-likeness (QED) is 0.496. The largest absolute Gasteiger partial charge is 0.496 e. The number of fused-ring (bicyclic) bond motifs is 1. The van der Waals surface area contributed by atoms with Crippen molar-refractivity contribution >= 4 is 23.2 Å². The van der Waals surface area contributed by atoms with Gasteiger partial charge in [-0.15, -0.1) is 11.8 Å². The van der Waals surface area contributed by atoms with E-state index in [1.54, 1.807) is 31.0 Å². The zero-order chi connectivity index (χ0) is 20.7. The Labute approximate surface area is 180 Å². The molecule has 1 aromatic carbocycles. The molecule has 0 bridgehead atoms. The van der Waals surface area contributed by atoms with Crippen LogP contribution in [0.15, 0.2) is 35.6 Å². The average Bonchev–Trinajstić information content (AvgIpc) is 3.72. The van der Waals surface area contributed by atoms with Gasteiger partial charge in [0, 0.05) is 31.0 Å². The number of aromatic nitrogens is 3. The van der Waals surface area contributed by atoms with Crippen LogP contribution in [0.5, 0.6) is 5.75 Å². The molecule has 0 spiro atoms. The maximum absolute atomic E-state index is 9.23. The molecule has 0 unspecified atom stereocenters. The zero-order valence-electron chi connectivity index (χ0n) is 17.3. The number of thioether (sulfide) groups is 1. The topological polar surface area (TPSA) is 66.4 Å². The predicted octanol–water partition coefficient (Wildman–Crippen LogP) is 4.62. The minimum atomic E-state index is 0.566. The van der Waals surface area contributed by atoms with E-state index in [0.717, 1.165) is 46.9 Å². The Morgan fingerprint density at radius 3 is 2.57 bits per heavy atom. The lowest BCUT2D eigenvalue weighted by Gasteiger charge is -2.25. The van der Waals surface area contributed by atoms with Crippen molar-refractivity contribution < 1.29 is 4.74 Å². The Balaban J connectivity index is 1.65. The Kier molecular flexibility index (Phi) is 5.03. The molecule has 0 atom stereocenters. The molecular formula is C23H25N5OS. The Bertz CT molecular complexity index is 1110. The predicted molar refractivity (Wildman–Crippen MR) is 119 cm³/mol. The summed E-state index contributed by atoms with van der Waals surface area (Å²) in [6.07, 6.45) is 11.3. The molecule has 0 amide bonds. The number of rotatable bonds is 8. The molecular weight excluding hydrogens is 394 g/mol. The van der Waals surface area contributed by atoms with Crippen molar-refractivity contribution in [2.45, 2.75) is 30.7 Å². The van der Waals surface area contributed by atoms with Gasteiger partial charge in [-0.05, 0) is 62.0 Å². The lowest BCUT2D eigenvalue weighted by Crippen LogP contribution is -2.29. The fourth-order valence-electron chi connectivity index (χ4n) is 3.99. The third kappa shape index (κ3) is 3.61. The summed E-state index contributed by atoms with van der Waals surface area (Å²) in [6, 6.07) is 7.63. The summed E-state index contributed by atoms with van der Waals surface area (Å²) in [7, 11) is 1.62. The summed E-state index contributed by atoms with van der Waals surface area (Å²) in [5, 5.41) is 10.3. The van der Waals surface area contributed by atoms with E-state index in [9.17, 15) is 5.26 Å². The molecule has 2 saturated carbocycles. The van der Waals surface area contributed by atoms with E-state index in [0.29, 0.717) is 11.3 Å². The maximum Gasteiger partial charge on any atom is 0.166 e. The molecule has 5 rings (SSSR count). The Morgan fingerprint density at radius 2 is 1.97 bits per heavy atom. The number of methoxy groups -OCH3 is 1. The van der Waals surface area contributed by atoms with Crippen molar-refractivity contribution in [1.82, 2.24) is 14.4 Å². The minimum Gasteiger partial charge on any atom is -0.496 e. The van der Waals surface area contributed by atoms with Gasteiger partial charge in [0.15, 0.2) is 5.65 Å². The molecule has 30 heavy (non-hydrogen) atoms. The summed E-state index contributed by atoms with van der Waals surface area (Å²) >= 11 is 1.69. The summed E-state index contributed by atoms with van der Waals surface area (Å²) in [4.78, 5) is 12.2. The van der Waals surface area contributed by atoms with E-state index in [1.807, 2.05) is 18.5 Å². The number of anilines is 1. The third-order valence-electron chi connectivity index (χ3n) is 5.92. The lowest BCUT2D eigenvalue weighted by molar-refractivity contribution is 0.416. The fraction of sp³-hybridized carbons (Fsp3) is 0.435. The number of benzene rings is 1. The first kappa shape index (κ1) is 19.3. The highest BCUT2D eigenvalue weighted by Gasteiger charge is 2.32. The normalized spacial score (nSPS) is 15.9. The van der Waals surface area contributed by atoms with E-state index >= 15 is 0 Å². The molecule has 3 aromatic rings. The maximum atomic E-state index is 9.23. The van der Waals surface area contributed by atoms with Gasteiger partial charge >= 0.3 is 0 Å². The van der Waals surface area contributed by atoms with Gasteiger partial charge in [-0.2, -0.15) is 5.26 Å². The van der Waals surface area contributed by atoms with Crippen LogP contribution in [0, 0.1) is 23.2 Å². The van der Waals surface area contributed by atoms with Crippen molar-refractivity contribution in [3.8, 4) is 23.1 Å². The van der Waals surface area contributed by atoms with Crippen molar-refractivity contribution in [3.05, 3.63) is 36.2 Å². The molecule has 2 aliphatic carbocycles. The van der Waals surface area contributed by atoms with E-state index in [-0.39, 0.29) is 0 Å². The molecule has 7 heteroatoms. The first-order valence-electron chi connectivity index (χ1n) is 10.5. The second-order valence-corrected chi connectivity index (χ2v) is 9.03. The first-order valence-corrected chi connectivity index (χ1v) is 11.7. The highest BCUT2D eigenvalue weighted by molar-refractivity contribution is 7.98. The van der Waals surface area contributed by atoms with Crippen LogP contribution >= 0.6 is 11.8 Å². The van der Waals surface area contributed by atoms with Crippen LogP contribution < -0.4 is 9.64 Å². The van der Waals surface area contributed by atoms with Crippen molar-refractivity contribution in [2.24, 2.45) is 11.8 Å². The van der Waals surface area contributed by atoms with Crippen LogP contribution in [-0.4, -0.2) is 40.8 Å². The molecule has 2 heterocycles. The van der Waals surface area contributed by atoms with Crippen molar-refractivity contribution in [1.29, 1.82) is 5.26 Å². The number of hydrogen-bond acceptors (Lipinski definition) is 6. The second kappa shape index (κ2) is 7.84.